The van der Waals surface area contributed by atoms with Gasteiger partial charge >= 0.3 is 11.6 Å². The Morgan fingerprint density at radius 1 is 1.36 bits per heavy atom. The lowest BCUT2D eigenvalue weighted by molar-refractivity contribution is 0.0656. The highest BCUT2D eigenvalue weighted by atomic mass is 16.5. The van der Waals surface area contributed by atoms with Crippen molar-refractivity contribution in [2.45, 2.75) is 52.5 Å². The first-order valence-corrected chi connectivity index (χ1v) is 9.06. The Kier molecular flexibility index (Phi) is 7.19. The Bertz CT molecular complexity index is 787. The molecule has 1 aliphatic rings. The summed E-state index contributed by atoms with van der Waals surface area (Å²) in [6.45, 7) is 8.17. The van der Waals surface area contributed by atoms with Crippen LogP contribution in [0.2, 0.25) is 0 Å². The molecule has 0 bridgehead atoms. The minimum atomic E-state index is -0.677. The number of hydrogen-bond donors (Lipinski definition) is 0. The first kappa shape index (κ1) is 19.2. The third-order valence-corrected chi connectivity index (χ3v) is 4.43. The van der Waals surface area contributed by atoms with Crippen LogP contribution in [0.25, 0.3) is 12.2 Å². The van der Waals surface area contributed by atoms with E-state index in [1.165, 1.54) is 6.26 Å². The van der Waals surface area contributed by atoms with Crippen molar-refractivity contribution in [1.82, 2.24) is 4.90 Å². The van der Waals surface area contributed by atoms with Gasteiger partial charge < -0.3 is 9.15 Å². The van der Waals surface area contributed by atoms with E-state index in [0.717, 1.165) is 44.0 Å². The predicted molar refractivity (Wildman–Crippen MR) is 98.6 cm³/mol. The van der Waals surface area contributed by atoms with Gasteiger partial charge in [0.25, 0.3) is 0 Å². The third kappa shape index (κ3) is 4.92. The van der Waals surface area contributed by atoms with Crippen LogP contribution >= 0.6 is 0 Å². The summed E-state index contributed by atoms with van der Waals surface area (Å²) in [4.78, 5) is 26.5. The van der Waals surface area contributed by atoms with Gasteiger partial charge in [-0.1, -0.05) is 33.3 Å². The lowest BCUT2D eigenvalue weighted by atomic mass is 10.0. The second-order valence-electron chi connectivity index (χ2n) is 6.08. The molecule has 0 fully saturated rings. The maximum absolute atomic E-state index is 12.1. The van der Waals surface area contributed by atoms with Crippen molar-refractivity contribution in [3.05, 3.63) is 45.0 Å². The van der Waals surface area contributed by atoms with Gasteiger partial charge in [0, 0.05) is 11.3 Å². The number of carbonyl (C=O) groups is 1. The molecule has 1 aromatic rings. The van der Waals surface area contributed by atoms with E-state index in [1.54, 1.807) is 12.1 Å². The van der Waals surface area contributed by atoms with Crippen LogP contribution in [-0.4, -0.2) is 30.0 Å². The average Bonchev–Trinajstić information content (AvgIpc) is 2.61. The molecular formula is C20H27NO4. The molecule has 1 unspecified atom stereocenters. The number of carbonyl (C=O) groups excluding carboxylic acids is 1. The summed E-state index contributed by atoms with van der Waals surface area (Å²) in [5, 5.41) is 0.768. The molecule has 0 N–H and O–H groups in total. The van der Waals surface area contributed by atoms with Crippen molar-refractivity contribution in [2.75, 3.05) is 13.1 Å². The number of unbranched alkanes of at least 4 members (excludes halogenated alkanes) is 2. The number of hydrogen-bond acceptors (Lipinski definition) is 5. The number of rotatable bonds is 8. The minimum absolute atomic E-state index is 0.0650. The fourth-order valence-electron chi connectivity index (χ4n) is 2.93. The molecule has 0 aliphatic heterocycles. The SMILES string of the molecule is CCCC/C=C/OC(=O)c1cc2c(oc1=O)=CC(N(CC)CC)CC=2. The molecule has 1 heterocycles. The maximum Gasteiger partial charge on any atom is 0.351 e. The van der Waals surface area contributed by atoms with Crippen LogP contribution in [0.4, 0.5) is 0 Å². The molecule has 25 heavy (non-hydrogen) atoms. The quantitative estimate of drug-likeness (QED) is 0.411. The molecule has 136 valence electrons. The summed E-state index contributed by atoms with van der Waals surface area (Å²) >= 11 is 0. The Morgan fingerprint density at radius 3 is 2.80 bits per heavy atom. The van der Waals surface area contributed by atoms with E-state index in [2.05, 4.69) is 25.7 Å². The van der Waals surface area contributed by atoms with E-state index in [4.69, 9.17) is 9.15 Å². The van der Waals surface area contributed by atoms with Crippen LogP contribution in [0.3, 0.4) is 0 Å². The van der Waals surface area contributed by atoms with E-state index in [-0.39, 0.29) is 11.6 Å². The van der Waals surface area contributed by atoms with Gasteiger partial charge in [0.15, 0.2) is 0 Å². The van der Waals surface area contributed by atoms with Crippen LogP contribution in [0.5, 0.6) is 0 Å². The molecule has 0 spiro atoms. The molecule has 1 aromatic heterocycles. The predicted octanol–water partition coefficient (Wildman–Crippen LogP) is 2.18. The molecule has 0 saturated heterocycles. The largest absolute Gasteiger partial charge is 0.431 e. The first-order valence-electron chi connectivity index (χ1n) is 9.06. The van der Waals surface area contributed by atoms with Gasteiger partial charge in [0.1, 0.15) is 11.0 Å². The lowest BCUT2D eigenvalue weighted by Gasteiger charge is -2.27. The van der Waals surface area contributed by atoms with Gasteiger partial charge in [-0.2, -0.15) is 0 Å². The van der Waals surface area contributed by atoms with Crippen LogP contribution in [0.15, 0.2) is 27.6 Å². The van der Waals surface area contributed by atoms with Crippen molar-refractivity contribution >= 4 is 18.1 Å². The Hall–Kier alpha value is -2.14. The number of allylic oxidation sites excluding steroid dienone is 1. The van der Waals surface area contributed by atoms with Crippen LogP contribution in [0, 0.1) is 0 Å². The fraction of sp³-hybridized carbons (Fsp3) is 0.500. The summed E-state index contributed by atoms with van der Waals surface area (Å²) < 4.78 is 10.4. The zero-order valence-corrected chi connectivity index (χ0v) is 15.3. The Labute approximate surface area is 148 Å². The summed E-state index contributed by atoms with van der Waals surface area (Å²) in [6, 6.07) is 1.78. The van der Waals surface area contributed by atoms with Crippen molar-refractivity contribution in [3.63, 3.8) is 0 Å². The lowest BCUT2D eigenvalue weighted by Crippen LogP contribution is -2.42. The highest BCUT2D eigenvalue weighted by molar-refractivity contribution is 5.89. The molecular weight excluding hydrogens is 318 g/mol. The van der Waals surface area contributed by atoms with Crippen molar-refractivity contribution in [2.24, 2.45) is 0 Å². The van der Waals surface area contributed by atoms with Crippen molar-refractivity contribution in [3.8, 4) is 0 Å². The molecule has 5 nitrogen and oxygen atoms in total. The molecule has 1 aliphatic carbocycles. The third-order valence-electron chi connectivity index (χ3n) is 4.43. The number of fused-ring (bicyclic) bond motifs is 1. The standard InChI is InChI=1S/C20H27NO4/c1-4-7-8-9-12-24-19(22)17-13-15-10-11-16(21(5-2)6-3)14-18(15)25-20(17)23/h9-10,12-14,16H,4-8,11H2,1-3H3/b12-9+. The molecule has 0 aromatic carbocycles. The Morgan fingerprint density at radius 2 is 2.12 bits per heavy atom. The van der Waals surface area contributed by atoms with Crippen molar-refractivity contribution < 1.29 is 13.9 Å². The second kappa shape index (κ2) is 9.37. The van der Waals surface area contributed by atoms with Gasteiger partial charge in [0.2, 0.25) is 0 Å². The molecule has 1 atom stereocenters. The molecule has 0 saturated carbocycles. The van der Waals surface area contributed by atoms with Gasteiger partial charge in [0.05, 0.1) is 6.26 Å². The number of nitrogens with zero attached hydrogens (tertiary/aromatic N) is 1. The topological polar surface area (TPSA) is 59.8 Å². The normalized spacial score (nSPS) is 16.4. The zero-order chi connectivity index (χ0) is 18.2. The monoisotopic (exact) mass is 345 g/mol. The molecule has 0 radical (unpaired) electrons. The fourth-order valence-corrected chi connectivity index (χ4v) is 2.93. The minimum Gasteiger partial charge on any atom is -0.431 e. The molecule has 0 amide bonds. The zero-order valence-electron chi connectivity index (χ0n) is 15.3. The van der Waals surface area contributed by atoms with Gasteiger partial charge in [-0.3, -0.25) is 4.90 Å². The Balaban J connectivity index is 2.20. The van der Waals surface area contributed by atoms with Crippen LogP contribution in [0.1, 0.15) is 56.8 Å². The van der Waals surface area contributed by atoms with E-state index in [9.17, 15) is 9.59 Å². The maximum atomic E-state index is 12.1. The number of ether oxygens (including phenoxy) is 1. The molecule has 2 rings (SSSR count). The summed E-state index contributed by atoms with van der Waals surface area (Å²) in [5.41, 5.74) is -0.191. The highest BCUT2D eigenvalue weighted by Crippen LogP contribution is 2.08. The summed E-state index contributed by atoms with van der Waals surface area (Å²) in [6.07, 6.45) is 10.9. The smallest absolute Gasteiger partial charge is 0.351 e. The summed E-state index contributed by atoms with van der Waals surface area (Å²) in [7, 11) is 0. The summed E-state index contributed by atoms with van der Waals surface area (Å²) in [5.74, 6) is -0.677. The van der Waals surface area contributed by atoms with E-state index >= 15 is 0 Å². The first-order chi connectivity index (χ1) is 12.1. The van der Waals surface area contributed by atoms with Gasteiger partial charge in [-0.25, -0.2) is 9.59 Å². The van der Waals surface area contributed by atoms with Crippen molar-refractivity contribution in [1.29, 1.82) is 0 Å². The highest BCUT2D eigenvalue weighted by Gasteiger charge is 2.18. The van der Waals surface area contributed by atoms with Gasteiger partial charge in [-0.15, -0.1) is 0 Å². The van der Waals surface area contributed by atoms with Crippen LogP contribution in [-0.2, 0) is 4.74 Å². The average molecular weight is 345 g/mol. The van der Waals surface area contributed by atoms with E-state index in [1.807, 2.05) is 12.2 Å². The van der Waals surface area contributed by atoms with Gasteiger partial charge in [-0.05, 0) is 50.6 Å². The molecule has 5 heteroatoms. The van der Waals surface area contributed by atoms with E-state index in [0.29, 0.717) is 5.42 Å². The van der Waals surface area contributed by atoms with E-state index < -0.39 is 11.6 Å². The number of esters is 1. The second-order valence-corrected chi connectivity index (χ2v) is 6.08. The van der Waals surface area contributed by atoms with Crippen LogP contribution < -0.4 is 16.3 Å².